The zero-order chi connectivity index (χ0) is 11.8. The van der Waals surface area contributed by atoms with Crippen LogP contribution in [0.25, 0.3) is 0 Å². The Hall–Kier alpha value is -1.32. The van der Waals surface area contributed by atoms with Gasteiger partial charge in [-0.2, -0.15) is 0 Å². The quantitative estimate of drug-likeness (QED) is 0.817. The molecule has 1 fully saturated rings. The zero-order valence-electron chi connectivity index (χ0n) is 10.3. The number of anilines is 2. The first-order valence-corrected chi connectivity index (χ1v) is 5.95. The lowest BCUT2D eigenvalue weighted by molar-refractivity contribution is 0.794. The predicted molar refractivity (Wildman–Crippen MR) is 66.4 cm³/mol. The largest absolute Gasteiger partial charge is 0.383 e. The van der Waals surface area contributed by atoms with Crippen molar-refractivity contribution in [2.75, 3.05) is 11.1 Å². The maximum atomic E-state index is 5.90. The highest BCUT2D eigenvalue weighted by Gasteiger charge is 2.37. The van der Waals surface area contributed by atoms with Gasteiger partial charge < -0.3 is 11.1 Å². The van der Waals surface area contributed by atoms with Crippen LogP contribution >= 0.6 is 0 Å². The van der Waals surface area contributed by atoms with E-state index in [0.29, 0.717) is 5.82 Å². The Labute approximate surface area is 96.7 Å². The minimum atomic E-state index is 0.231. The lowest BCUT2D eigenvalue weighted by atomic mass is 10.2. The highest BCUT2D eigenvalue weighted by atomic mass is 15.1. The van der Waals surface area contributed by atoms with Crippen LogP contribution in [0.5, 0.6) is 0 Å². The Morgan fingerprint density at radius 1 is 1.38 bits per heavy atom. The van der Waals surface area contributed by atoms with Crippen molar-refractivity contribution in [3.8, 4) is 0 Å². The molecule has 0 amide bonds. The molecular weight excluding hydrogens is 200 g/mol. The van der Waals surface area contributed by atoms with Gasteiger partial charge in [-0.25, -0.2) is 9.97 Å². The monoisotopic (exact) mass is 220 g/mol. The lowest BCUT2D eigenvalue weighted by Gasteiger charge is -2.16. The fourth-order valence-electron chi connectivity index (χ4n) is 1.64. The SMILES string of the molecule is CCCc1nc(N)c(C)c(NC2(C)CC2)n1. The number of rotatable bonds is 4. The zero-order valence-corrected chi connectivity index (χ0v) is 10.3. The summed E-state index contributed by atoms with van der Waals surface area (Å²) in [5, 5.41) is 3.47. The third kappa shape index (κ3) is 2.26. The van der Waals surface area contributed by atoms with E-state index >= 15 is 0 Å². The molecule has 1 heterocycles. The highest BCUT2D eigenvalue weighted by molar-refractivity contribution is 5.56. The van der Waals surface area contributed by atoms with Crippen molar-refractivity contribution in [1.29, 1.82) is 0 Å². The number of aryl methyl sites for hydroxylation is 1. The van der Waals surface area contributed by atoms with E-state index in [4.69, 9.17) is 5.73 Å². The Kier molecular flexibility index (Phi) is 2.74. The van der Waals surface area contributed by atoms with E-state index in [0.717, 1.165) is 30.0 Å². The van der Waals surface area contributed by atoms with Crippen LogP contribution in [-0.4, -0.2) is 15.5 Å². The van der Waals surface area contributed by atoms with Crippen molar-refractivity contribution in [3.63, 3.8) is 0 Å². The van der Waals surface area contributed by atoms with Crippen LogP contribution in [0.3, 0.4) is 0 Å². The molecule has 0 aliphatic heterocycles. The van der Waals surface area contributed by atoms with E-state index in [9.17, 15) is 0 Å². The second-order valence-corrected chi connectivity index (χ2v) is 4.93. The lowest BCUT2D eigenvalue weighted by Crippen LogP contribution is -2.19. The molecule has 3 N–H and O–H groups in total. The van der Waals surface area contributed by atoms with E-state index in [1.807, 2.05) is 6.92 Å². The topological polar surface area (TPSA) is 63.8 Å². The normalized spacial score (nSPS) is 17.2. The first kappa shape index (κ1) is 11.2. The van der Waals surface area contributed by atoms with Crippen molar-refractivity contribution in [1.82, 2.24) is 9.97 Å². The van der Waals surface area contributed by atoms with Crippen LogP contribution in [0.15, 0.2) is 0 Å². The molecule has 1 aromatic heterocycles. The van der Waals surface area contributed by atoms with Gasteiger partial charge in [0.15, 0.2) is 0 Å². The van der Waals surface area contributed by atoms with Gasteiger partial charge in [0.2, 0.25) is 0 Å². The smallest absolute Gasteiger partial charge is 0.135 e. The molecular formula is C12H20N4. The maximum absolute atomic E-state index is 5.90. The van der Waals surface area contributed by atoms with Gasteiger partial charge in [0.05, 0.1) is 0 Å². The second kappa shape index (κ2) is 3.92. The molecule has 0 bridgehead atoms. The van der Waals surface area contributed by atoms with Gasteiger partial charge in [-0.15, -0.1) is 0 Å². The van der Waals surface area contributed by atoms with Crippen LogP contribution < -0.4 is 11.1 Å². The molecule has 1 aromatic rings. The van der Waals surface area contributed by atoms with Gasteiger partial charge in [0.1, 0.15) is 17.5 Å². The minimum Gasteiger partial charge on any atom is -0.383 e. The van der Waals surface area contributed by atoms with Gasteiger partial charge in [-0.3, -0.25) is 0 Å². The van der Waals surface area contributed by atoms with Crippen molar-refractivity contribution >= 4 is 11.6 Å². The molecule has 1 saturated carbocycles. The van der Waals surface area contributed by atoms with Crippen molar-refractivity contribution in [2.24, 2.45) is 0 Å². The Balaban J connectivity index is 2.27. The molecule has 1 aliphatic rings. The predicted octanol–water partition coefficient (Wildman–Crippen LogP) is 2.28. The van der Waals surface area contributed by atoms with Crippen LogP contribution in [-0.2, 0) is 6.42 Å². The Morgan fingerprint density at radius 2 is 2.06 bits per heavy atom. The number of hydrogen-bond acceptors (Lipinski definition) is 4. The molecule has 88 valence electrons. The second-order valence-electron chi connectivity index (χ2n) is 4.93. The molecule has 1 aliphatic carbocycles. The fourth-order valence-corrected chi connectivity index (χ4v) is 1.64. The standard InChI is InChI=1S/C12H20N4/c1-4-5-9-14-10(13)8(2)11(15-9)16-12(3)6-7-12/h4-7H2,1-3H3,(H3,13,14,15,16). The molecule has 2 rings (SSSR count). The number of nitrogens with zero attached hydrogens (tertiary/aromatic N) is 2. The van der Waals surface area contributed by atoms with Crippen molar-refractivity contribution in [2.45, 2.75) is 52.0 Å². The van der Waals surface area contributed by atoms with Gasteiger partial charge in [-0.1, -0.05) is 6.92 Å². The van der Waals surface area contributed by atoms with E-state index in [2.05, 4.69) is 29.1 Å². The van der Waals surface area contributed by atoms with E-state index in [-0.39, 0.29) is 5.54 Å². The summed E-state index contributed by atoms with van der Waals surface area (Å²) < 4.78 is 0. The molecule has 16 heavy (non-hydrogen) atoms. The summed E-state index contributed by atoms with van der Waals surface area (Å²) in [7, 11) is 0. The number of nitrogens with one attached hydrogen (secondary N) is 1. The number of nitrogens with two attached hydrogens (primary N) is 1. The van der Waals surface area contributed by atoms with Crippen molar-refractivity contribution < 1.29 is 0 Å². The highest BCUT2D eigenvalue weighted by Crippen LogP contribution is 2.38. The van der Waals surface area contributed by atoms with Gasteiger partial charge >= 0.3 is 0 Å². The molecule has 0 saturated heterocycles. The van der Waals surface area contributed by atoms with Gasteiger partial charge in [-0.05, 0) is 33.1 Å². The first-order valence-electron chi connectivity index (χ1n) is 5.95. The fraction of sp³-hybridized carbons (Fsp3) is 0.667. The van der Waals surface area contributed by atoms with Crippen LogP contribution in [0.4, 0.5) is 11.6 Å². The van der Waals surface area contributed by atoms with Crippen molar-refractivity contribution in [3.05, 3.63) is 11.4 Å². The molecule has 0 atom stereocenters. The summed E-state index contributed by atoms with van der Waals surface area (Å²) in [4.78, 5) is 8.85. The Bertz CT molecular complexity index is 396. The summed E-state index contributed by atoms with van der Waals surface area (Å²) >= 11 is 0. The summed E-state index contributed by atoms with van der Waals surface area (Å²) in [5.74, 6) is 2.36. The number of aromatic nitrogens is 2. The van der Waals surface area contributed by atoms with E-state index in [1.165, 1.54) is 12.8 Å². The maximum Gasteiger partial charge on any atom is 0.135 e. The summed E-state index contributed by atoms with van der Waals surface area (Å²) in [5.41, 5.74) is 7.10. The molecule has 4 heteroatoms. The van der Waals surface area contributed by atoms with Crippen LogP contribution in [0.1, 0.15) is 44.5 Å². The molecule has 0 spiro atoms. The molecule has 4 nitrogen and oxygen atoms in total. The Morgan fingerprint density at radius 3 is 2.62 bits per heavy atom. The number of nitrogen functional groups attached to an aromatic ring is 1. The first-order chi connectivity index (χ1) is 7.54. The third-order valence-electron chi connectivity index (χ3n) is 3.12. The van der Waals surface area contributed by atoms with E-state index in [1.54, 1.807) is 0 Å². The molecule has 0 radical (unpaired) electrons. The number of hydrogen-bond donors (Lipinski definition) is 2. The molecule has 0 aromatic carbocycles. The van der Waals surface area contributed by atoms with Gasteiger partial charge in [0.25, 0.3) is 0 Å². The van der Waals surface area contributed by atoms with Crippen LogP contribution in [0, 0.1) is 6.92 Å². The summed E-state index contributed by atoms with van der Waals surface area (Å²) in [6, 6.07) is 0. The van der Waals surface area contributed by atoms with Crippen LogP contribution in [0.2, 0.25) is 0 Å². The van der Waals surface area contributed by atoms with E-state index < -0.39 is 0 Å². The minimum absolute atomic E-state index is 0.231. The summed E-state index contributed by atoms with van der Waals surface area (Å²) in [6.45, 7) is 6.30. The average molecular weight is 220 g/mol. The third-order valence-corrected chi connectivity index (χ3v) is 3.12. The molecule has 0 unspecified atom stereocenters. The average Bonchev–Trinajstić information content (AvgIpc) is 2.92. The summed E-state index contributed by atoms with van der Waals surface area (Å²) in [6.07, 6.45) is 4.34. The van der Waals surface area contributed by atoms with Gasteiger partial charge in [0, 0.05) is 17.5 Å².